The van der Waals surface area contributed by atoms with E-state index in [0.717, 1.165) is 5.69 Å². The molecule has 0 bridgehead atoms. The number of halogens is 1. The second-order valence-corrected chi connectivity index (χ2v) is 8.43. The zero-order valence-electron chi connectivity index (χ0n) is 17.9. The topological polar surface area (TPSA) is 100.0 Å². The second kappa shape index (κ2) is 8.49. The molecule has 3 N–H and O–H groups in total. The van der Waals surface area contributed by atoms with Crippen molar-refractivity contribution in [2.24, 2.45) is 19.8 Å². The van der Waals surface area contributed by atoms with Gasteiger partial charge in [0.25, 0.3) is 5.91 Å². The fourth-order valence-corrected chi connectivity index (χ4v) is 3.35. The molecule has 2 aromatic heterocycles. The highest BCUT2D eigenvalue weighted by Crippen LogP contribution is 2.39. The van der Waals surface area contributed by atoms with Crippen molar-refractivity contribution in [2.75, 3.05) is 18.5 Å². The number of para-hydroxylation sites is 1. The Bertz CT molecular complexity index is 1040. The molecule has 2 heterocycles. The number of carbonyl (C=O) groups is 1. The van der Waals surface area contributed by atoms with Gasteiger partial charge in [-0.3, -0.25) is 14.2 Å². The highest BCUT2D eigenvalue weighted by molar-refractivity contribution is 6.33. The maximum absolute atomic E-state index is 13.0. The van der Waals surface area contributed by atoms with Gasteiger partial charge in [-0.15, -0.1) is 0 Å². The molecule has 0 aliphatic rings. The van der Waals surface area contributed by atoms with Gasteiger partial charge in [0.15, 0.2) is 5.75 Å². The van der Waals surface area contributed by atoms with Gasteiger partial charge >= 0.3 is 0 Å². The first-order valence-corrected chi connectivity index (χ1v) is 10.0. The van der Waals surface area contributed by atoms with Crippen molar-refractivity contribution < 1.29 is 9.53 Å². The van der Waals surface area contributed by atoms with Crippen molar-refractivity contribution in [2.45, 2.75) is 26.2 Å². The summed E-state index contributed by atoms with van der Waals surface area (Å²) >= 11 is 6.34. The van der Waals surface area contributed by atoms with Crippen LogP contribution in [-0.2, 0) is 19.5 Å². The van der Waals surface area contributed by atoms with Crippen LogP contribution in [0.4, 0.5) is 5.69 Å². The average Bonchev–Trinajstić information content (AvgIpc) is 3.23. The van der Waals surface area contributed by atoms with Gasteiger partial charge in [-0.05, 0) is 18.2 Å². The van der Waals surface area contributed by atoms with Gasteiger partial charge in [-0.2, -0.15) is 10.2 Å². The first-order valence-electron chi connectivity index (χ1n) is 9.63. The van der Waals surface area contributed by atoms with Crippen LogP contribution in [0.3, 0.4) is 0 Å². The third kappa shape index (κ3) is 4.34. The van der Waals surface area contributed by atoms with Crippen molar-refractivity contribution in [3.63, 3.8) is 0 Å². The van der Waals surface area contributed by atoms with Crippen LogP contribution in [0.1, 0.15) is 37.0 Å². The smallest absolute Gasteiger partial charge is 0.274 e. The Morgan fingerprint density at radius 2 is 2.00 bits per heavy atom. The Hall–Kier alpha value is -2.84. The van der Waals surface area contributed by atoms with Crippen molar-refractivity contribution >= 4 is 23.2 Å². The maximum Gasteiger partial charge on any atom is 0.274 e. The van der Waals surface area contributed by atoms with Crippen LogP contribution in [-0.4, -0.2) is 38.6 Å². The Labute approximate surface area is 181 Å². The first-order chi connectivity index (χ1) is 14.1. The van der Waals surface area contributed by atoms with Gasteiger partial charge in [-0.1, -0.05) is 38.4 Å². The lowest BCUT2D eigenvalue weighted by Gasteiger charge is -2.17. The van der Waals surface area contributed by atoms with E-state index in [9.17, 15) is 4.79 Å². The van der Waals surface area contributed by atoms with Crippen LogP contribution in [0.15, 0.2) is 30.5 Å². The lowest BCUT2D eigenvalue weighted by molar-refractivity contribution is 0.101. The van der Waals surface area contributed by atoms with E-state index in [-0.39, 0.29) is 17.9 Å². The Morgan fingerprint density at radius 1 is 1.27 bits per heavy atom. The zero-order chi connectivity index (χ0) is 22.1. The molecule has 0 aliphatic carbocycles. The number of hydrogen-bond acceptors (Lipinski definition) is 5. The molecule has 1 aromatic carbocycles. The van der Waals surface area contributed by atoms with E-state index in [2.05, 4.69) is 36.3 Å². The highest BCUT2D eigenvalue weighted by atomic mass is 35.5. The molecule has 160 valence electrons. The number of rotatable bonds is 6. The summed E-state index contributed by atoms with van der Waals surface area (Å²) in [4.78, 5) is 13.0. The van der Waals surface area contributed by atoms with Crippen LogP contribution in [0, 0.1) is 0 Å². The third-order valence-corrected chi connectivity index (χ3v) is 4.93. The van der Waals surface area contributed by atoms with Gasteiger partial charge in [0, 0.05) is 31.6 Å². The summed E-state index contributed by atoms with van der Waals surface area (Å²) in [5, 5.41) is 12.1. The monoisotopic (exact) mass is 430 g/mol. The number of nitrogens with zero attached hydrogens (tertiary/aromatic N) is 4. The number of nitrogens with two attached hydrogens (primary N) is 1. The predicted molar refractivity (Wildman–Crippen MR) is 118 cm³/mol. The van der Waals surface area contributed by atoms with Crippen LogP contribution in [0.2, 0.25) is 5.02 Å². The molecular formula is C21H27ClN6O2. The molecule has 0 spiro atoms. The molecule has 0 saturated carbocycles. The minimum atomic E-state index is -0.286. The quantitative estimate of drug-likeness (QED) is 0.624. The predicted octanol–water partition coefficient (Wildman–Crippen LogP) is 3.36. The molecule has 8 nitrogen and oxygen atoms in total. The van der Waals surface area contributed by atoms with Gasteiger partial charge in [0.05, 0.1) is 28.3 Å². The normalized spacial score (nSPS) is 11.6. The van der Waals surface area contributed by atoms with E-state index in [1.165, 1.54) is 0 Å². The highest BCUT2D eigenvalue weighted by Gasteiger charge is 2.23. The number of ether oxygens (including phenoxy) is 1. The molecular weight excluding hydrogens is 404 g/mol. The summed E-state index contributed by atoms with van der Waals surface area (Å²) in [7, 11) is 3.55. The molecule has 0 saturated heterocycles. The van der Waals surface area contributed by atoms with E-state index in [0.29, 0.717) is 40.0 Å². The van der Waals surface area contributed by atoms with Crippen molar-refractivity contribution in [1.82, 2.24) is 19.6 Å². The molecule has 1 amide bonds. The van der Waals surface area contributed by atoms with Gasteiger partial charge in [0.1, 0.15) is 12.3 Å². The van der Waals surface area contributed by atoms with Crippen LogP contribution in [0.25, 0.3) is 11.3 Å². The van der Waals surface area contributed by atoms with Crippen LogP contribution < -0.4 is 15.8 Å². The Balaban J connectivity index is 2.01. The summed E-state index contributed by atoms with van der Waals surface area (Å²) in [6.45, 7) is 6.78. The molecule has 30 heavy (non-hydrogen) atoms. The number of nitrogens with one attached hydrogen (secondary N) is 1. The SMILES string of the molecule is Cn1nc(C(C)(C)C)cc1C(=O)Nc1cccc(-c2c(Cl)cnn2C)c1OCCN. The van der Waals surface area contributed by atoms with Crippen LogP contribution in [0.5, 0.6) is 5.75 Å². The Morgan fingerprint density at radius 3 is 2.57 bits per heavy atom. The summed E-state index contributed by atoms with van der Waals surface area (Å²) in [5.41, 5.74) is 8.69. The summed E-state index contributed by atoms with van der Waals surface area (Å²) in [6, 6.07) is 7.27. The number of benzene rings is 1. The standard InChI is InChI=1S/C21H27ClN6O2/c1-21(2,3)17-11-16(27(4)26-17)20(29)25-15-8-6-7-13(19(15)30-10-9-23)18-14(22)12-24-28(18)5/h6-8,11-12H,9-10,23H2,1-5H3,(H,25,29). The number of hydrogen-bond donors (Lipinski definition) is 2. The lowest BCUT2D eigenvalue weighted by Crippen LogP contribution is -2.18. The van der Waals surface area contributed by atoms with E-state index in [4.69, 9.17) is 22.1 Å². The van der Waals surface area contributed by atoms with Crippen molar-refractivity contribution in [1.29, 1.82) is 0 Å². The maximum atomic E-state index is 13.0. The number of anilines is 1. The molecule has 3 aromatic rings. The zero-order valence-corrected chi connectivity index (χ0v) is 18.6. The number of aromatic nitrogens is 4. The number of carbonyl (C=O) groups excluding carboxylic acids is 1. The van der Waals surface area contributed by atoms with Crippen molar-refractivity contribution in [3.8, 4) is 17.0 Å². The van der Waals surface area contributed by atoms with E-state index in [1.54, 1.807) is 41.8 Å². The van der Waals surface area contributed by atoms with Gasteiger partial charge in [0.2, 0.25) is 0 Å². The molecule has 0 unspecified atom stereocenters. The summed E-state index contributed by atoms with van der Waals surface area (Å²) in [6.07, 6.45) is 1.57. The Kier molecular flexibility index (Phi) is 6.19. The molecule has 0 aliphatic heterocycles. The van der Waals surface area contributed by atoms with E-state index < -0.39 is 0 Å². The molecule has 0 fully saturated rings. The summed E-state index contributed by atoms with van der Waals surface area (Å²) in [5.74, 6) is 0.200. The summed E-state index contributed by atoms with van der Waals surface area (Å²) < 4.78 is 9.16. The van der Waals surface area contributed by atoms with Gasteiger partial charge in [-0.25, -0.2) is 0 Å². The third-order valence-electron chi connectivity index (χ3n) is 4.66. The number of amides is 1. The largest absolute Gasteiger partial charge is 0.489 e. The fourth-order valence-electron chi connectivity index (χ4n) is 3.08. The lowest BCUT2D eigenvalue weighted by atomic mass is 9.92. The second-order valence-electron chi connectivity index (χ2n) is 8.03. The first kappa shape index (κ1) is 21.9. The minimum absolute atomic E-state index is 0.165. The van der Waals surface area contributed by atoms with E-state index in [1.807, 2.05) is 12.1 Å². The molecule has 9 heteroatoms. The minimum Gasteiger partial charge on any atom is -0.489 e. The van der Waals surface area contributed by atoms with Gasteiger partial charge < -0.3 is 15.8 Å². The molecule has 0 atom stereocenters. The van der Waals surface area contributed by atoms with Crippen molar-refractivity contribution in [3.05, 3.63) is 46.9 Å². The average molecular weight is 431 g/mol. The fraction of sp³-hybridized carbons (Fsp3) is 0.381. The number of aryl methyl sites for hydroxylation is 2. The van der Waals surface area contributed by atoms with E-state index >= 15 is 0 Å². The molecule has 0 radical (unpaired) electrons. The molecule has 3 rings (SSSR count). The van der Waals surface area contributed by atoms with Crippen LogP contribution >= 0.6 is 11.6 Å².